The highest BCUT2D eigenvalue weighted by atomic mass is 16.5. The molecule has 0 spiro atoms. The molecule has 0 bridgehead atoms. The van der Waals surface area contributed by atoms with E-state index in [-0.39, 0.29) is 0 Å². The maximum Gasteiger partial charge on any atom is 0.255 e. The number of ether oxygens (including phenoxy) is 1. The molecule has 0 amide bonds. The summed E-state index contributed by atoms with van der Waals surface area (Å²) in [7, 11) is 2.08. The van der Waals surface area contributed by atoms with Crippen LogP contribution in [0.2, 0.25) is 0 Å². The molecular weight excluding hydrogens is 164 g/mol. The van der Waals surface area contributed by atoms with Crippen molar-refractivity contribution in [3.05, 3.63) is 18.2 Å². The van der Waals surface area contributed by atoms with Gasteiger partial charge in [0.25, 0.3) is 5.82 Å². The van der Waals surface area contributed by atoms with Gasteiger partial charge < -0.3 is 4.74 Å². The summed E-state index contributed by atoms with van der Waals surface area (Å²) in [5.41, 5.74) is 0. The van der Waals surface area contributed by atoms with Gasteiger partial charge in [0.05, 0.1) is 13.7 Å². The van der Waals surface area contributed by atoms with Gasteiger partial charge in [0.1, 0.15) is 18.9 Å². The molecular formula is C10H19N2O+. The minimum absolute atomic E-state index is 0.800. The van der Waals surface area contributed by atoms with Gasteiger partial charge in [-0.05, 0) is 6.92 Å². The molecule has 74 valence electrons. The van der Waals surface area contributed by atoms with Crippen LogP contribution in [-0.4, -0.2) is 17.8 Å². The molecule has 0 aliphatic heterocycles. The number of aromatic nitrogens is 2. The number of nitrogens with zero attached hydrogens (tertiary/aromatic N) is 2. The standard InChI is InChI=1S/C10H19N2O/c1-4-10-11(3)6-7-12(10)8-9-13-5-2/h6-7H,4-5,8-9H2,1-3H3/q+1. The van der Waals surface area contributed by atoms with E-state index >= 15 is 0 Å². The van der Waals surface area contributed by atoms with Crippen molar-refractivity contribution in [2.24, 2.45) is 7.05 Å². The summed E-state index contributed by atoms with van der Waals surface area (Å²) in [6.07, 6.45) is 5.26. The van der Waals surface area contributed by atoms with E-state index in [1.807, 2.05) is 6.92 Å². The molecule has 0 saturated heterocycles. The lowest BCUT2D eigenvalue weighted by Gasteiger charge is -2.00. The third kappa shape index (κ3) is 2.56. The van der Waals surface area contributed by atoms with Crippen molar-refractivity contribution in [2.45, 2.75) is 26.8 Å². The second-order valence-corrected chi connectivity index (χ2v) is 3.07. The predicted octanol–water partition coefficient (Wildman–Crippen LogP) is 0.911. The molecule has 0 fully saturated rings. The Kier molecular flexibility index (Phi) is 3.96. The first-order valence-electron chi connectivity index (χ1n) is 4.91. The average molecular weight is 183 g/mol. The molecule has 13 heavy (non-hydrogen) atoms. The maximum atomic E-state index is 5.32. The summed E-state index contributed by atoms with van der Waals surface area (Å²) in [5.74, 6) is 1.35. The van der Waals surface area contributed by atoms with Gasteiger partial charge in [-0.15, -0.1) is 0 Å². The Morgan fingerprint density at radius 1 is 1.46 bits per heavy atom. The zero-order valence-corrected chi connectivity index (χ0v) is 8.79. The molecule has 0 aliphatic carbocycles. The first-order valence-corrected chi connectivity index (χ1v) is 4.91. The van der Waals surface area contributed by atoms with Crippen LogP contribution in [0.15, 0.2) is 12.4 Å². The highest BCUT2D eigenvalue weighted by molar-refractivity contribution is 4.82. The zero-order chi connectivity index (χ0) is 9.68. The van der Waals surface area contributed by atoms with Gasteiger partial charge in [0.2, 0.25) is 0 Å². The summed E-state index contributed by atoms with van der Waals surface area (Å²) in [4.78, 5) is 0. The second-order valence-electron chi connectivity index (χ2n) is 3.07. The van der Waals surface area contributed by atoms with E-state index in [2.05, 4.69) is 35.5 Å². The van der Waals surface area contributed by atoms with Crippen LogP contribution in [0.5, 0.6) is 0 Å². The lowest BCUT2D eigenvalue weighted by molar-refractivity contribution is -0.678. The molecule has 0 aliphatic rings. The van der Waals surface area contributed by atoms with Crippen LogP contribution in [0.25, 0.3) is 0 Å². The van der Waals surface area contributed by atoms with Crippen LogP contribution in [0.1, 0.15) is 19.7 Å². The van der Waals surface area contributed by atoms with Gasteiger partial charge in [0, 0.05) is 13.0 Å². The van der Waals surface area contributed by atoms with Gasteiger partial charge in [-0.1, -0.05) is 6.92 Å². The fourth-order valence-corrected chi connectivity index (χ4v) is 1.52. The first kappa shape index (κ1) is 10.3. The Labute approximate surface area is 79.9 Å². The fraction of sp³-hybridized carbons (Fsp3) is 0.700. The number of hydrogen-bond donors (Lipinski definition) is 0. The molecule has 1 heterocycles. The largest absolute Gasteiger partial charge is 0.378 e. The molecule has 1 aromatic heterocycles. The molecule has 0 unspecified atom stereocenters. The Balaban J connectivity index is 2.55. The van der Waals surface area contributed by atoms with Gasteiger partial charge >= 0.3 is 0 Å². The number of imidazole rings is 1. The zero-order valence-electron chi connectivity index (χ0n) is 8.79. The summed E-state index contributed by atoms with van der Waals surface area (Å²) in [5, 5.41) is 0. The van der Waals surface area contributed by atoms with Crippen molar-refractivity contribution in [1.29, 1.82) is 0 Å². The number of hydrogen-bond acceptors (Lipinski definition) is 1. The predicted molar refractivity (Wildman–Crippen MR) is 51.5 cm³/mol. The van der Waals surface area contributed by atoms with Crippen molar-refractivity contribution < 1.29 is 9.30 Å². The van der Waals surface area contributed by atoms with Crippen molar-refractivity contribution in [2.75, 3.05) is 13.2 Å². The summed E-state index contributed by atoms with van der Waals surface area (Å²) in [6.45, 7) is 6.76. The number of aryl methyl sites for hydroxylation is 1. The third-order valence-corrected chi connectivity index (χ3v) is 2.21. The monoisotopic (exact) mass is 183 g/mol. The van der Waals surface area contributed by atoms with Crippen LogP contribution in [0, 0.1) is 0 Å². The quantitative estimate of drug-likeness (QED) is 0.490. The average Bonchev–Trinajstić information content (AvgIpc) is 2.47. The summed E-state index contributed by atoms with van der Waals surface area (Å²) >= 11 is 0. The smallest absolute Gasteiger partial charge is 0.255 e. The Bertz CT molecular complexity index is 255. The molecule has 1 aromatic rings. The van der Waals surface area contributed by atoms with Gasteiger partial charge in [0.15, 0.2) is 0 Å². The van der Waals surface area contributed by atoms with Gasteiger partial charge in [-0.25, -0.2) is 9.13 Å². The Hall–Kier alpha value is -0.830. The van der Waals surface area contributed by atoms with Crippen LogP contribution in [0.4, 0.5) is 0 Å². The molecule has 3 heteroatoms. The van der Waals surface area contributed by atoms with E-state index in [4.69, 9.17) is 4.74 Å². The maximum absolute atomic E-state index is 5.32. The summed E-state index contributed by atoms with van der Waals surface area (Å²) < 4.78 is 9.72. The highest BCUT2D eigenvalue weighted by Crippen LogP contribution is 1.95. The van der Waals surface area contributed by atoms with Crippen molar-refractivity contribution in [3.63, 3.8) is 0 Å². The van der Waals surface area contributed by atoms with Crippen LogP contribution in [-0.2, 0) is 24.8 Å². The topological polar surface area (TPSA) is 18.0 Å². The van der Waals surface area contributed by atoms with E-state index in [1.54, 1.807) is 0 Å². The summed E-state index contributed by atoms with van der Waals surface area (Å²) in [6, 6.07) is 0. The van der Waals surface area contributed by atoms with Crippen molar-refractivity contribution >= 4 is 0 Å². The molecule has 0 N–H and O–H groups in total. The van der Waals surface area contributed by atoms with Crippen LogP contribution < -0.4 is 4.57 Å². The Morgan fingerprint density at radius 2 is 2.23 bits per heavy atom. The van der Waals surface area contributed by atoms with Crippen molar-refractivity contribution in [1.82, 2.24) is 4.57 Å². The molecule has 3 nitrogen and oxygen atoms in total. The third-order valence-electron chi connectivity index (χ3n) is 2.21. The SMILES string of the molecule is CCOCCn1cc[n+](C)c1CC. The minimum Gasteiger partial charge on any atom is -0.378 e. The number of rotatable bonds is 5. The lowest BCUT2D eigenvalue weighted by atomic mass is 10.4. The van der Waals surface area contributed by atoms with Crippen LogP contribution >= 0.6 is 0 Å². The normalized spacial score (nSPS) is 10.7. The first-order chi connectivity index (χ1) is 6.29. The molecule has 1 rings (SSSR count). The van der Waals surface area contributed by atoms with Gasteiger partial charge in [-0.3, -0.25) is 0 Å². The molecule has 0 aromatic carbocycles. The van der Waals surface area contributed by atoms with E-state index in [0.717, 1.165) is 26.2 Å². The Morgan fingerprint density at radius 3 is 2.85 bits per heavy atom. The van der Waals surface area contributed by atoms with E-state index in [1.165, 1.54) is 5.82 Å². The van der Waals surface area contributed by atoms with Crippen molar-refractivity contribution in [3.8, 4) is 0 Å². The van der Waals surface area contributed by atoms with Crippen LogP contribution in [0.3, 0.4) is 0 Å². The lowest BCUT2D eigenvalue weighted by Crippen LogP contribution is -2.32. The molecule has 0 atom stereocenters. The van der Waals surface area contributed by atoms with E-state index < -0.39 is 0 Å². The minimum atomic E-state index is 0.800. The highest BCUT2D eigenvalue weighted by Gasteiger charge is 2.10. The molecule has 0 saturated carbocycles. The molecule has 0 radical (unpaired) electrons. The van der Waals surface area contributed by atoms with E-state index in [0.29, 0.717) is 0 Å². The van der Waals surface area contributed by atoms with E-state index in [9.17, 15) is 0 Å². The fourth-order valence-electron chi connectivity index (χ4n) is 1.52. The second kappa shape index (κ2) is 5.02. The van der Waals surface area contributed by atoms with Gasteiger partial charge in [-0.2, -0.15) is 0 Å².